The van der Waals surface area contributed by atoms with E-state index in [9.17, 15) is 17.6 Å². The van der Waals surface area contributed by atoms with Crippen LogP contribution in [0.2, 0.25) is 0 Å². The van der Waals surface area contributed by atoms with Gasteiger partial charge in [0.15, 0.2) is 0 Å². The van der Waals surface area contributed by atoms with E-state index < -0.39 is 23.7 Å². The minimum Gasteiger partial charge on any atom is -0.370 e. The largest absolute Gasteiger partial charge is 0.419 e. The highest BCUT2D eigenvalue weighted by atomic mass is 19.4. The summed E-state index contributed by atoms with van der Waals surface area (Å²) in [5.74, 6) is -1.30. The van der Waals surface area contributed by atoms with Crippen molar-refractivity contribution in [2.24, 2.45) is 5.73 Å². The Bertz CT molecular complexity index is 404. The molecule has 2 nitrogen and oxygen atoms in total. The fraction of sp³-hybridized carbons (Fsp3) is 0.500. The molecule has 0 radical (unpaired) electrons. The quantitative estimate of drug-likeness (QED) is 0.848. The van der Waals surface area contributed by atoms with Crippen molar-refractivity contribution in [3.8, 4) is 0 Å². The number of ether oxygens (including phenoxy) is 1. The van der Waals surface area contributed by atoms with Crippen molar-refractivity contribution in [3.05, 3.63) is 35.1 Å². The molecule has 2 N–H and O–H groups in total. The van der Waals surface area contributed by atoms with Crippen LogP contribution in [-0.4, -0.2) is 12.6 Å². The molecule has 18 heavy (non-hydrogen) atoms. The van der Waals surface area contributed by atoms with Crippen molar-refractivity contribution in [3.63, 3.8) is 0 Å². The summed E-state index contributed by atoms with van der Waals surface area (Å²) in [7, 11) is 0. The first-order valence-corrected chi connectivity index (χ1v) is 5.48. The Morgan fingerprint density at radius 3 is 2.33 bits per heavy atom. The SMILES string of the molecule is CC(C)OC(CN)c1ccc(F)c(C(F)(F)F)c1. The molecule has 1 aromatic carbocycles. The van der Waals surface area contributed by atoms with Crippen molar-refractivity contribution in [2.75, 3.05) is 6.54 Å². The van der Waals surface area contributed by atoms with Crippen LogP contribution in [0.5, 0.6) is 0 Å². The molecule has 6 heteroatoms. The predicted molar refractivity (Wildman–Crippen MR) is 59.4 cm³/mol. The van der Waals surface area contributed by atoms with Crippen molar-refractivity contribution in [1.82, 2.24) is 0 Å². The van der Waals surface area contributed by atoms with Crippen LogP contribution in [0.3, 0.4) is 0 Å². The van der Waals surface area contributed by atoms with Gasteiger partial charge in [-0.05, 0) is 31.5 Å². The Hall–Kier alpha value is -1.14. The molecule has 1 atom stereocenters. The monoisotopic (exact) mass is 265 g/mol. The zero-order valence-corrected chi connectivity index (χ0v) is 10.1. The molecule has 0 spiro atoms. The van der Waals surface area contributed by atoms with E-state index in [1.165, 1.54) is 6.07 Å². The smallest absolute Gasteiger partial charge is 0.370 e. The Balaban J connectivity index is 3.10. The summed E-state index contributed by atoms with van der Waals surface area (Å²) >= 11 is 0. The number of hydrogen-bond acceptors (Lipinski definition) is 2. The minimum atomic E-state index is -4.73. The van der Waals surface area contributed by atoms with Gasteiger partial charge in [0.05, 0.1) is 17.8 Å². The molecule has 0 aliphatic carbocycles. The third-order valence-electron chi connectivity index (χ3n) is 2.32. The average Bonchev–Trinajstić information content (AvgIpc) is 2.25. The highest BCUT2D eigenvalue weighted by molar-refractivity contribution is 5.29. The van der Waals surface area contributed by atoms with Crippen LogP contribution >= 0.6 is 0 Å². The van der Waals surface area contributed by atoms with Crippen LogP contribution < -0.4 is 5.73 Å². The molecule has 0 fully saturated rings. The van der Waals surface area contributed by atoms with E-state index in [4.69, 9.17) is 10.5 Å². The first kappa shape index (κ1) is 14.9. The maximum Gasteiger partial charge on any atom is 0.419 e. The van der Waals surface area contributed by atoms with Crippen molar-refractivity contribution in [1.29, 1.82) is 0 Å². The summed E-state index contributed by atoms with van der Waals surface area (Å²) in [6.45, 7) is 3.52. The van der Waals surface area contributed by atoms with Gasteiger partial charge in [0.25, 0.3) is 0 Å². The van der Waals surface area contributed by atoms with E-state index in [2.05, 4.69) is 0 Å². The number of hydrogen-bond donors (Lipinski definition) is 1. The van der Waals surface area contributed by atoms with Gasteiger partial charge in [-0.25, -0.2) is 4.39 Å². The average molecular weight is 265 g/mol. The molecule has 1 aromatic rings. The van der Waals surface area contributed by atoms with E-state index >= 15 is 0 Å². The third-order valence-corrected chi connectivity index (χ3v) is 2.32. The summed E-state index contributed by atoms with van der Waals surface area (Å²) < 4.78 is 56.1. The standard InChI is InChI=1S/C12H15F4NO/c1-7(2)18-11(6-17)8-3-4-10(13)9(5-8)12(14,15)16/h3-5,7,11H,6,17H2,1-2H3. The summed E-state index contributed by atoms with van der Waals surface area (Å²) in [6.07, 6.45) is -5.58. The molecule has 102 valence electrons. The number of rotatable bonds is 4. The molecular formula is C12H15F4NO. The third kappa shape index (κ3) is 3.68. The lowest BCUT2D eigenvalue weighted by molar-refractivity contribution is -0.140. The van der Waals surface area contributed by atoms with Gasteiger partial charge in [0.1, 0.15) is 5.82 Å². The fourth-order valence-corrected chi connectivity index (χ4v) is 1.56. The van der Waals surface area contributed by atoms with Crippen molar-refractivity contribution in [2.45, 2.75) is 32.2 Å². The molecule has 0 bridgehead atoms. The highest BCUT2D eigenvalue weighted by Crippen LogP contribution is 2.33. The topological polar surface area (TPSA) is 35.2 Å². The van der Waals surface area contributed by atoms with Gasteiger partial charge in [-0.3, -0.25) is 0 Å². The van der Waals surface area contributed by atoms with Gasteiger partial charge in [0, 0.05) is 6.54 Å². The molecular weight excluding hydrogens is 250 g/mol. The number of alkyl halides is 3. The summed E-state index contributed by atoms with van der Waals surface area (Å²) in [5.41, 5.74) is 4.37. The van der Waals surface area contributed by atoms with Gasteiger partial charge < -0.3 is 10.5 Å². The summed E-state index contributed by atoms with van der Waals surface area (Å²) in [4.78, 5) is 0. The first-order valence-electron chi connectivity index (χ1n) is 5.48. The molecule has 0 saturated heterocycles. The molecule has 0 aromatic heterocycles. The predicted octanol–water partition coefficient (Wildman–Crippen LogP) is 3.27. The van der Waals surface area contributed by atoms with Crippen LogP contribution in [0, 0.1) is 5.82 Å². The number of benzene rings is 1. The molecule has 1 rings (SSSR count). The molecule has 0 saturated carbocycles. The van der Waals surface area contributed by atoms with E-state index in [0.717, 1.165) is 12.1 Å². The lowest BCUT2D eigenvalue weighted by Crippen LogP contribution is -2.20. The number of halogens is 4. The summed E-state index contributed by atoms with van der Waals surface area (Å²) in [6, 6.07) is 2.78. The zero-order valence-electron chi connectivity index (χ0n) is 10.1. The fourth-order valence-electron chi connectivity index (χ4n) is 1.56. The first-order chi connectivity index (χ1) is 8.25. The Kier molecular flexibility index (Phi) is 4.70. The molecule has 0 aliphatic heterocycles. The Morgan fingerprint density at radius 1 is 1.28 bits per heavy atom. The van der Waals surface area contributed by atoms with E-state index in [1.807, 2.05) is 0 Å². The van der Waals surface area contributed by atoms with Crippen LogP contribution in [0.25, 0.3) is 0 Å². The van der Waals surface area contributed by atoms with Gasteiger partial charge in [-0.1, -0.05) is 6.07 Å². The van der Waals surface area contributed by atoms with Crippen molar-refractivity contribution < 1.29 is 22.3 Å². The van der Waals surface area contributed by atoms with Gasteiger partial charge >= 0.3 is 6.18 Å². The van der Waals surface area contributed by atoms with E-state index in [0.29, 0.717) is 0 Å². The molecule has 0 aliphatic rings. The van der Waals surface area contributed by atoms with Crippen LogP contribution in [-0.2, 0) is 10.9 Å². The lowest BCUT2D eigenvalue weighted by Gasteiger charge is -2.20. The normalized spacial score (nSPS) is 14.0. The Labute approximate surface area is 103 Å². The lowest BCUT2D eigenvalue weighted by atomic mass is 10.0. The van der Waals surface area contributed by atoms with Crippen molar-refractivity contribution >= 4 is 0 Å². The van der Waals surface area contributed by atoms with E-state index in [1.54, 1.807) is 13.8 Å². The molecule has 0 heterocycles. The number of nitrogens with two attached hydrogens (primary N) is 1. The second kappa shape index (κ2) is 5.67. The van der Waals surface area contributed by atoms with Crippen LogP contribution in [0.1, 0.15) is 31.1 Å². The minimum absolute atomic E-state index is 0.0289. The molecule has 1 unspecified atom stereocenters. The second-order valence-corrected chi connectivity index (χ2v) is 4.15. The van der Waals surface area contributed by atoms with Gasteiger partial charge in [-0.2, -0.15) is 13.2 Å². The van der Waals surface area contributed by atoms with Gasteiger partial charge in [-0.15, -0.1) is 0 Å². The maximum absolute atomic E-state index is 13.1. The van der Waals surface area contributed by atoms with Gasteiger partial charge in [0.2, 0.25) is 0 Å². The van der Waals surface area contributed by atoms with E-state index in [-0.39, 0.29) is 18.2 Å². The summed E-state index contributed by atoms with van der Waals surface area (Å²) in [5, 5.41) is 0. The Morgan fingerprint density at radius 2 is 1.89 bits per heavy atom. The van der Waals surface area contributed by atoms with Crippen LogP contribution in [0.4, 0.5) is 17.6 Å². The molecule has 0 amide bonds. The maximum atomic E-state index is 13.1. The zero-order chi connectivity index (χ0) is 13.9. The highest BCUT2D eigenvalue weighted by Gasteiger charge is 2.34. The second-order valence-electron chi connectivity index (χ2n) is 4.15. The van der Waals surface area contributed by atoms with Crippen LogP contribution in [0.15, 0.2) is 18.2 Å².